The van der Waals surface area contributed by atoms with Crippen molar-refractivity contribution in [3.8, 4) is 0 Å². The van der Waals surface area contributed by atoms with Crippen LogP contribution >= 0.6 is 11.6 Å². The molecule has 0 amide bonds. The lowest BCUT2D eigenvalue weighted by Gasteiger charge is -2.04. The number of halogens is 1. The molecule has 2 heteroatoms. The molecule has 1 N–H and O–H groups in total. The molecule has 0 bridgehead atoms. The summed E-state index contributed by atoms with van der Waals surface area (Å²) in [7, 11) is 0. The Balaban J connectivity index is 2.86. The maximum absolute atomic E-state index is 9.35. The fourth-order valence-corrected chi connectivity index (χ4v) is 0.824. The Morgan fingerprint density at radius 3 is 2.60 bits per heavy atom. The van der Waals surface area contributed by atoms with Crippen LogP contribution in [0.4, 0.5) is 0 Å². The predicted octanol–water partition coefficient (Wildman–Crippen LogP) is 1.96. The molecule has 1 aromatic rings. The van der Waals surface area contributed by atoms with Crippen LogP contribution in [0.25, 0.3) is 0 Å². The monoisotopic (exact) mass is 158 g/mol. The first-order chi connectivity index (χ1) is 5.52. The van der Waals surface area contributed by atoms with Gasteiger partial charge in [-0.25, -0.2) is 0 Å². The summed E-state index contributed by atoms with van der Waals surface area (Å²) in [6, 6.07) is 8.50. The number of aliphatic hydroxyl groups excluding tert-OH is 1. The average molecular weight is 159 g/mol. The second-order valence-electron chi connectivity index (χ2n) is 1.92. The number of benzene rings is 1. The zero-order valence-corrected chi connectivity index (χ0v) is 6.05. The fraction of sp³-hybridized carbons (Fsp3) is 0.250. The van der Waals surface area contributed by atoms with E-state index in [1.807, 2.05) is 0 Å². The van der Waals surface area contributed by atoms with Gasteiger partial charge >= 0.3 is 0 Å². The average Bonchev–Trinajstić information content (AvgIpc) is 2.03. The SMILES string of the molecule is [2H]C([2H])(Cl)[C@@H](O)c1ccccc1. The van der Waals surface area contributed by atoms with E-state index in [4.69, 9.17) is 14.3 Å². The van der Waals surface area contributed by atoms with Crippen molar-refractivity contribution in [3.63, 3.8) is 0 Å². The molecule has 1 rings (SSSR count). The van der Waals surface area contributed by atoms with Crippen molar-refractivity contribution in [2.75, 3.05) is 5.83 Å². The van der Waals surface area contributed by atoms with Gasteiger partial charge in [-0.1, -0.05) is 30.3 Å². The van der Waals surface area contributed by atoms with Crippen LogP contribution in [-0.2, 0) is 0 Å². The van der Waals surface area contributed by atoms with Crippen LogP contribution in [0.1, 0.15) is 14.4 Å². The van der Waals surface area contributed by atoms with Crippen LogP contribution < -0.4 is 0 Å². The fourth-order valence-electron chi connectivity index (χ4n) is 0.698. The molecule has 0 aliphatic carbocycles. The van der Waals surface area contributed by atoms with Crippen LogP contribution in [0, 0.1) is 0 Å². The molecule has 0 saturated carbocycles. The summed E-state index contributed by atoms with van der Waals surface area (Å²) < 4.78 is 14.1. The Morgan fingerprint density at radius 1 is 1.50 bits per heavy atom. The molecule has 0 aliphatic heterocycles. The van der Waals surface area contributed by atoms with Gasteiger partial charge in [0.2, 0.25) is 0 Å². The highest BCUT2D eigenvalue weighted by Crippen LogP contribution is 2.12. The van der Waals surface area contributed by atoms with Crippen LogP contribution in [0.15, 0.2) is 30.3 Å². The van der Waals surface area contributed by atoms with Crippen LogP contribution in [-0.4, -0.2) is 10.9 Å². The smallest absolute Gasteiger partial charge is 0.0925 e. The lowest BCUT2D eigenvalue weighted by Crippen LogP contribution is -1.96. The molecule has 10 heavy (non-hydrogen) atoms. The summed E-state index contributed by atoms with van der Waals surface area (Å²) in [5.41, 5.74) is 0.484. The zero-order valence-electron chi connectivity index (χ0n) is 7.29. The maximum Gasteiger partial charge on any atom is 0.0925 e. The second-order valence-corrected chi connectivity index (χ2v) is 2.14. The summed E-state index contributed by atoms with van der Waals surface area (Å²) in [4.78, 5) is 0. The van der Waals surface area contributed by atoms with Gasteiger partial charge in [0.15, 0.2) is 0 Å². The third-order valence-electron chi connectivity index (χ3n) is 1.22. The highest BCUT2D eigenvalue weighted by Gasteiger charge is 2.02. The quantitative estimate of drug-likeness (QED) is 0.653. The molecule has 0 aromatic heterocycles. The third-order valence-corrected chi connectivity index (χ3v) is 1.43. The van der Waals surface area contributed by atoms with Crippen LogP contribution in [0.3, 0.4) is 0 Å². The molecule has 0 heterocycles. The van der Waals surface area contributed by atoms with Gasteiger partial charge in [-0.3, -0.25) is 0 Å². The Morgan fingerprint density at radius 2 is 2.10 bits per heavy atom. The van der Waals surface area contributed by atoms with E-state index in [1.54, 1.807) is 30.3 Å². The van der Waals surface area contributed by atoms with Gasteiger partial charge in [0.1, 0.15) is 0 Å². The van der Waals surface area contributed by atoms with E-state index < -0.39 is 11.9 Å². The van der Waals surface area contributed by atoms with Crippen molar-refractivity contribution in [2.24, 2.45) is 0 Å². The van der Waals surface area contributed by atoms with Crippen molar-refractivity contribution in [2.45, 2.75) is 6.10 Å². The second kappa shape index (κ2) is 3.59. The van der Waals surface area contributed by atoms with Gasteiger partial charge in [-0.15, -0.1) is 11.6 Å². The lowest BCUT2D eigenvalue weighted by molar-refractivity contribution is 0.202. The van der Waals surface area contributed by atoms with E-state index in [1.165, 1.54) is 0 Å². The third kappa shape index (κ3) is 1.72. The Bertz CT molecular complexity index is 245. The molecule has 0 aliphatic rings. The van der Waals surface area contributed by atoms with Gasteiger partial charge < -0.3 is 5.11 Å². The highest BCUT2D eigenvalue weighted by atomic mass is 35.5. The van der Waals surface area contributed by atoms with Gasteiger partial charge in [-0.2, -0.15) is 0 Å². The van der Waals surface area contributed by atoms with E-state index in [0.717, 1.165) is 0 Å². The number of aliphatic hydroxyl groups is 1. The van der Waals surface area contributed by atoms with E-state index in [-0.39, 0.29) is 0 Å². The topological polar surface area (TPSA) is 20.2 Å². The summed E-state index contributed by atoms with van der Waals surface area (Å²) in [5.74, 6) is -2.11. The highest BCUT2D eigenvalue weighted by molar-refractivity contribution is 6.18. The first-order valence-corrected chi connectivity index (χ1v) is 3.31. The van der Waals surface area contributed by atoms with Crippen molar-refractivity contribution in [1.29, 1.82) is 0 Å². The molecule has 0 fully saturated rings. The minimum atomic E-state index is -2.11. The Kier molecular flexibility index (Phi) is 1.86. The molecule has 1 aromatic carbocycles. The van der Waals surface area contributed by atoms with Gasteiger partial charge in [-0.05, 0) is 5.56 Å². The molecule has 0 radical (unpaired) electrons. The summed E-state index contributed by atoms with van der Waals surface area (Å²) in [6.45, 7) is 0. The van der Waals surface area contributed by atoms with Crippen molar-refractivity contribution in [3.05, 3.63) is 35.9 Å². The Labute approximate surface area is 68.1 Å². The Hall–Kier alpha value is -0.530. The van der Waals surface area contributed by atoms with Crippen LogP contribution in [0.2, 0.25) is 0 Å². The standard InChI is InChI=1S/C8H9ClO/c9-6-8(10)7-4-2-1-3-5-7/h1-5,8,10H,6H2/t8-/m1/s1/i6D2. The lowest BCUT2D eigenvalue weighted by atomic mass is 10.1. The molecule has 0 spiro atoms. The van der Waals surface area contributed by atoms with Gasteiger partial charge in [0.25, 0.3) is 0 Å². The zero-order chi connectivity index (χ0) is 9.19. The molecule has 1 atom stereocenters. The maximum atomic E-state index is 9.35. The summed E-state index contributed by atoms with van der Waals surface area (Å²) in [5, 5.41) is 9.35. The number of hydrogen-bond acceptors (Lipinski definition) is 1. The largest absolute Gasteiger partial charge is 0.387 e. The molecular weight excluding hydrogens is 148 g/mol. The molecule has 0 unspecified atom stereocenters. The van der Waals surface area contributed by atoms with Gasteiger partial charge in [0.05, 0.1) is 11.9 Å². The number of hydrogen-bond donors (Lipinski definition) is 1. The van der Waals surface area contributed by atoms with E-state index >= 15 is 0 Å². The minimum absolute atomic E-state index is 0.484. The first-order valence-electron chi connectivity index (χ1n) is 3.94. The van der Waals surface area contributed by atoms with Crippen molar-refractivity contribution < 1.29 is 7.85 Å². The number of rotatable bonds is 2. The molecule has 0 saturated heterocycles. The van der Waals surface area contributed by atoms with Crippen molar-refractivity contribution >= 4 is 11.6 Å². The minimum Gasteiger partial charge on any atom is -0.387 e. The van der Waals surface area contributed by atoms with Crippen molar-refractivity contribution in [1.82, 2.24) is 0 Å². The van der Waals surface area contributed by atoms with Gasteiger partial charge in [0, 0.05) is 2.74 Å². The molecule has 54 valence electrons. The molecule has 1 nitrogen and oxygen atoms in total. The molecular formula is C8H9ClO. The first kappa shape index (κ1) is 5.16. The van der Waals surface area contributed by atoms with E-state index in [2.05, 4.69) is 0 Å². The predicted molar refractivity (Wildman–Crippen MR) is 42.1 cm³/mol. The number of alkyl halides is 1. The normalized spacial score (nSPS) is 17.4. The summed E-state index contributed by atoms with van der Waals surface area (Å²) in [6.07, 6.45) is -1.28. The van der Waals surface area contributed by atoms with Crippen LogP contribution in [0.5, 0.6) is 0 Å². The van der Waals surface area contributed by atoms with E-state index in [9.17, 15) is 5.11 Å². The van der Waals surface area contributed by atoms with E-state index in [0.29, 0.717) is 5.56 Å². The summed E-state index contributed by atoms with van der Waals surface area (Å²) >= 11 is 5.30.